The summed E-state index contributed by atoms with van der Waals surface area (Å²) < 4.78 is 0. The van der Waals surface area contributed by atoms with Crippen LogP contribution in [0, 0.1) is 0 Å². The fourth-order valence-electron chi connectivity index (χ4n) is 0.246. The Balaban J connectivity index is -0.0000000453. The van der Waals surface area contributed by atoms with Crippen LogP contribution < -0.4 is 0 Å². The Morgan fingerprint density at radius 3 is 1.33 bits per heavy atom. The van der Waals surface area contributed by atoms with Gasteiger partial charge < -0.3 is 0 Å². The lowest BCUT2D eigenvalue weighted by Gasteiger charge is -1.82. The zero-order valence-electron chi connectivity index (χ0n) is 9.61. The quantitative estimate of drug-likeness (QED) is 0.512. The van der Waals surface area contributed by atoms with Gasteiger partial charge in [-0.25, -0.2) is 0 Å². The van der Waals surface area contributed by atoms with Gasteiger partial charge in [0.15, 0.2) is 0 Å². The molecule has 0 aliphatic heterocycles. The van der Waals surface area contributed by atoms with Crippen molar-refractivity contribution in [2.24, 2.45) is 0 Å². The first-order valence-electron chi connectivity index (χ1n) is 4.52. The maximum atomic E-state index is 3.67. The summed E-state index contributed by atoms with van der Waals surface area (Å²) in [5, 5.41) is 0. The summed E-state index contributed by atoms with van der Waals surface area (Å²) >= 11 is 0. The van der Waals surface area contributed by atoms with E-state index in [0.29, 0.717) is 0 Å². The summed E-state index contributed by atoms with van der Waals surface area (Å²) in [4.78, 5) is 0. The van der Waals surface area contributed by atoms with E-state index in [1.807, 2.05) is 40.7 Å². The van der Waals surface area contributed by atoms with Crippen LogP contribution in [0.3, 0.4) is 0 Å². The highest BCUT2D eigenvalue weighted by Gasteiger charge is 1.71. The molecule has 0 fully saturated rings. The van der Waals surface area contributed by atoms with Gasteiger partial charge in [0.05, 0.1) is 0 Å². The molecule has 0 aromatic rings. The minimum Gasteiger partial charge on any atom is -0.106 e. The van der Waals surface area contributed by atoms with Crippen molar-refractivity contribution in [2.75, 3.05) is 0 Å². The van der Waals surface area contributed by atoms with Crippen molar-refractivity contribution in [2.45, 2.75) is 41.0 Å². The molecule has 0 unspecified atom stereocenters. The Bertz CT molecular complexity index is 70.1. The van der Waals surface area contributed by atoms with Gasteiger partial charge in [0, 0.05) is 0 Å². The van der Waals surface area contributed by atoms with Crippen LogP contribution in [-0.2, 0) is 0 Å². The Morgan fingerprint density at radius 2 is 1.33 bits per heavy atom. The first-order chi connectivity index (χ1) is 5.77. The zero-order valence-corrected chi connectivity index (χ0v) is 9.61. The third-order valence-corrected chi connectivity index (χ3v) is 0.493. The van der Waals surface area contributed by atoms with E-state index in [2.05, 4.69) is 26.3 Å². The number of hydrogen-bond donors (Lipinski definition) is 0. The highest BCUT2D eigenvalue weighted by atomic mass is 13.8. The molecule has 0 N–H and O–H groups in total. The van der Waals surface area contributed by atoms with Crippen LogP contribution in [0.2, 0.25) is 0 Å². The smallest absolute Gasteiger partial charge is 0.0147 e. The SMILES string of the molecule is C=C.C=CCC(=C)C.CC.CC. The average molecular weight is 170 g/mol. The maximum absolute atomic E-state index is 3.67. The minimum atomic E-state index is 0.944. The monoisotopic (exact) mass is 170 g/mol. The van der Waals surface area contributed by atoms with Crippen molar-refractivity contribution >= 4 is 0 Å². The molecule has 0 heterocycles. The third-order valence-electron chi connectivity index (χ3n) is 0.493. The Morgan fingerprint density at radius 1 is 1.08 bits per heavy atom. The lowest BCUT2D eigenvalue weighted by atomic mass is 10.2. The van der Waals surface area contributed by atoms with Gasteiger partial charge in [-0.1, -0.05) is 45.9 Å². The van der Waals surface area contributed by atoms with Gasteiger partial charge in [-0.3, -0.25) is 0 Å². The largest absolute Gasteiger partial charge is 0.106 e. The van der Waals surface area contributed by atoms with Gasteiger partial charge in [0.1, 0.15) is 0 Å². The van der Waals surface area contributed by atoms with E-state index in [1.165, 1.54) is 5.57 Å². The predicted octanol–water partition coefficient (Wildman–Crippen LogP) is 4.99. The van der Waals surface area contributed by atoms with E-state index in [1.54, 1.807) is 0 Å². The van der Waals surface area contributed by atoms with Gasteiger partial charge in [-0.15, -0.1) is 19.7 Å². The van der Waals surface area contributed by atoms with Crippen molar-refractivity contribution in [1.82, 2.24) is 0 Å². The second-order valence-electron chi connectivity index (χ2n) is 1.45. The van der Waals surface area contributed by atoms with E-state index in [9.17, 15) is 0 Å². The zero-order chi connectivity index (χ0) is 11.0. The Kier molecular flexibility index (Phi) is 91.4. The molecule has 0 saturated carbocycles. The van der Waals surface area contributed by atoms with Crippen LogP contribution in [0.1, 0.15) is 41.0 Å². The predicted molar refractivity (Wildman–Crippen MR) is 63.6 cm³/mol. The standard InChI is InChI=1S/C6H10.2C2H6.C2H4/c1-4-5-6(2)3;3*1-2/h4H,1-2,5H2,3H3;2*1-2H3;1-2H2. The van der Waals surface area contributed by atoms with Crippen LogP contribution in [0.15, 0.2) is 38.0 Å². The van der Waals surface area contributed by atoms with Crippen LogP contribution in [0.4, 0.5) is 0 Å². The van der Waals surface area contributed by atoms with Crippen molar-refractivity contribution in [1.29, 1.82) is 0 Å². The van der Waals surface area contributed by atoms with Crippen LogP contribution in [0.25, 0.3) is 0 Å². The summed E-state index contributed by atoms with van der Waals surface area (Å²) in [6.45, 7) is 23.2. The molecule has 12 heavy (non-hydrogen) atoms. The second-order valence-corrected chi connectivity index (χ2v) is 1.45. The molecule has 0 atom stereocenters. The number of hydrogen-bond acceptors (Lipinski definition) is 0. The molecule has 0 aliphatic carbocycles. The highest BCUT2D eigenvalue weighted by Crippen LogP contribution is 1.92. The van der Waals surface area contributed by atoms with Crippen LogP contribution in [0.5, 0.6) is 0 Å². The molecule has 0 saturated heterocycles. The summed E-state index contributed by atoms with van der Waals surface area (Å²) in [5.41, 5.74) is 1.17. The maximum Gasteiger partial charge on any atom is -0.0147 e. The molecule has 0 bridgehead atoms. The van der Waals surface area contributed by atoms with Crippen molar-refractivity contribution in [3.63, 3.8) is 0 Å². The van der Waals surface area contributed by atoms with Crippen molar-refractivity contribution in [3.8, 4) is 0 Å². The topological polar surface area (TPSA) is 0 Å². The van der Waals surface area contributed by atoms with E-state index in [0.717, 1.165) is 6.42 Å². The molecule has 0 radical (unpaired) electrons. The molecule has 0 heteroatoms. The number of rotatable bonds is 2. The summed E-state index contributed by atoms with van der Waals surface area (Å²) in [7, 11) is 0. The van der Waals surface area contributed by atoms with Gasteiger partial charge in [0.25, 0.3) is 0 Å². The van der Waals surface area contributed by atoms with Gasteiger partial charge in [-0.2, -0.15) is 0 Å². The summed E-state index contributed by atoms with van der Waals surface area (Å²) in [5.74, 6) is 0. The molecule has 0 aromatic carbocycles. The fraction of sp³-hybridized carbons (Fsp3) is 0.500. The van der Waals surface area contributed by atoms with Gasteiger partial charge in [-0.05, 0) is 13.3 Å². The molecule has 0 rings (SSSR count). The van der Waals surface area contributed by atoms with Gasteiger partial charge >= 0.3 is 0 Å². The van der Waals surface area contributed by atoms with Gasteiger partial charge in [0.2, 0.25) is 0 Å². The van der Waals surface area contributed by atoms with Crippen LogP contribution in [-0.4, -0.2) is 0 Å². The lowest BCUT2D eigenvalue weighted by molar-refractivity contribution is 1.23. The summed E-state index contributed by atoms with van der Waals surface area (Å²) in [6.07, 6.45) is 2.79. The third kappa shape index (κ3) is 126. The molecule has 0 aliphatic rings. The summed E-state index contributed by atoms with van der Waals surface area (Å²) in [6, 6.07) is 0. The van der Waals surface area contributed by atoms with E-state index in [4.69, 9.17) is 0 Å². The molecule has 0 amide bonds. The first-order valence-corrected chi connectivity index (χ1v) is 4.52. The van der Waals surface area contributed by atoms with Crippen molar-refractivity contribution in [3.05, 3.63) is 38.0 Å². The molecule has 0 spiro atoms. The molecule has 74 valence electrons. The Hall–Kier alpha value is -0.780. The van der Waals surface area contributed by atoms with Crippen LogP contribution >= 0.6 is 0 Å². The normalized spacial score (nSPS) is 5.08. The number of allylic oxidation sites excluding steroid dienone is 2. The van der Waals surface area contributed by atoms with E-state index in [-0.39, 0.29) is 0 Å². The Labute approximate surface area is 79.7 Å². The second kappa shape index (κ2) is 48.8. The molecule has 0 aromatic heterocycles. The molecular formula is C12H26. The molecule has 0 nitrogen and oxygen atoms in total. The van der Waals surface area contributed by atoms with Crippen molar-refractivity contribution < 1.29 is 0 Å². The first kappa shape index (κ1) is 22.5. The van der Waals surface area contributed by atoms with E-state index < -0.39 is 0 Å². The molecular weight excluding hydrogens is 144 g/mol. The highest BCUT2D eigenvalue weighted by molar-refractivity contribution is 4.94. The lowest BCUT2D eigenvalue weighted by Crippen LogP contribution is -1.61. The average Bonchev–Trinajstić information content (AvgIpc) is 2.14. The fourth-order valence-corrected chi connectivity index (χ4v) is 0.246. The van der Waals surface area contributed by atoms with E-state index >= 15 is 0 Å². The minimum absolute atomic E-state index is 0.944.